The molecule has 0 amide bonds. The van der Waals surface area contributed by atoms with E-state index in [9.17, 15) is 0 Å². The third-order valence-corrected chi connectivity index (χ3v) is 1.52. The second kappa shape index (κ2) is 1.67. The minimum Gasteiger partial charge on any atom is -0.328 e. The number of nitrogens with two attached hydrogens (primary N) is 1. The molecule has 0 aromatic carbocycles. The van der Waals surface area contributed by atoms with Gasteiger partial charge in [-0.3, -0.25) is 0 Å². The van der Waals surface area contributed by atoms with E-state index in [2.05, 4.69) is 0 Å². The van der Waals surface area contributed by atoms with Crippen LogP contribution in [0.25, 0.3) is 0 Å². The van der Waals surface area contributed by atoms with Crippen molar-refractivity contribution in [3.05, 3.63) is 0 Å². The molecule has 0 atom stereocenters. The fourth-order valence-corrected chi connectivity index (χ4v) is 0.971. The Bertz CT molecular complexity index is 106. The molecule has 4 heteroatoms. The quantitative estimate of drug-likeness (QED) is 0.460. The lowest BCUT2D eigenvalue weighted by Gasteiger charge is -2.42. The highest BCUT2D eigenvalue weighted by atomic mass is 16.9. The average molecular weight is 131 g/mol. The summed E-state index contributed by atoms with van der Waals surface area (Å²) in [6.07, 6.45) is 0. The predicted octanol–water partition coefficient (Wildman–Crippen LogP) is -0.956. The summed E-state index contributed by atoms with van der Waals surface area (Å²) in [5.74, 6) is 0. The molecule has 0 spiro atoms. The van der Waals surface area contributed by atoms with E-state index >= 15 is 0 Å². The molecule has 3 aliphatic heterocycles. The van der Waals surface area contributed by atoms with Crippen LogP contribution in [-0.4, -0.2) is 31.8 Å². The minimum atomic E-state index is -0.449. The lowest BCUT2D eigenvalue weighted by molar-refractivity contribution is -0.373. The van der Waals surface area contributed by atoms with Gasteiger partial charge in [-0.15, -0.1) is 0 Å². The van der Waals surface area contributed by atoms with Gasteiger partial charge in [0.05, 0.1) is 25.4 Å². The molecule has 0 aromatic heterocycles. The summed E-state index contributed by atoms with van der Waals surface area (Å²) in [4.78, 5) is 0. The molecule has 3 saturated heterocycles. The second-order valence-electron chi connectivity index (χ2n) is 2.58. The molecule has 4 nitrogen and oxygen atoms in total. The molecule has 0 aliphatic carbocycles. The van der Waals surface area contributed by atoms with Crippen LogP contribution in [0.1, 0.15) is 0 Å². The number of hydrogen-bond donors (Lipinski definition) is 1. The van der Waals surface area contributed by atoms with E-state index in [1.165, 1.54) is 0 Å². The Morgan fingerprint density at radius 2 is 1.56 bits per heavy atom. The van der Waals surface area contributed by atoms with E-state index in [0.717, 1.165) is 0 Å². The topological polar surface area (TPSA) is 53.7 Å². The molecule has 3 aliphatic rings. The van der Waals surface area contributed by atoms with Crippen LogP contribution in [-0.2, 0) is 14.2 Å². The maximum absolute atomic E-state index is 5.72. The first-order valence-electron chi connectivity index (χ1n) is 2.92. The van der Waals surface area contributed by atoms with Gasteiger partial charge in [0.25, 0.3) is 6.48 Å². The fourth-order valence-electron chi connectivity index (χ4n) is 0.971. The first-order chi connectivity index (χ1) is 4.29. The van der Waals surface area contributed by atoms with Crippen LogP contribution in [0, 0.1) is 0 Å². The van der Waals surface area contributed by atoms with Gasteiger partial charge in [-0.1, -0.05) is 0 Å². The monoisotopic (exact) mass is 131 g/mol. The summed E-state index contributed by atoms with van der Waals surface area (Å²) in [5, 5.41) is 0. The molecule has 9 heavy (non-hydrogen) atoms. The highest BCUT2D eigenvalue weighted by molar-refractivity contribution is 4.88. The van der Waals surface area contributed by atoms with Gasteiger partial charge in [0.1, 0.15) is 0 Å². The summed E-state index contributed by atoms with van der Waals surface area (Å²) in [5.41, 5.74) is 5.34. The molecule has 3 heterocycles. The van der Waals surface area contributed by atoms with Crippen molar-refractivity contribution >= 4 is 0 Å². The third kappa shape index (κ3) is 0.840. The van der Waals surface area contributed by atoms with Crippen molar-refractivity contribution in [1.82, 2.24) is 0 Å². The van der Waals surface area contributed by atoms with Crippen molar-refractivity contribution in [2.24, 2.45) is 5.73 Å². The molecule has 2 bridgehead atoms. The maximum Gasteiger partial charge on any atom is 0.271 e. The van der Waals surface area contributed by atoms with Crippen molar-refractivity contribution in [3.63, 3.8) is 0 Å². The number of fused-ring (bicyclic) bond motifs is 3. The zero-order chi connectivity index (χ0) is 6.32. The molecule has 2 N–H and O–H groups in total. The van der Waals surface area contributed by atoms with Gasteiger partial charge in [0, 0.05) is 0 Å². The molecule has 3 rings (SSSR count). The predicted molar refractivity (Wildman–Crippen MR) is 28.6 cm³/mol. The van der Waals surface area contributed by atoms with Crippen molar-refractivity contribution in [2.75, 3.05) is 19.8 Å². The fraction of sp³-hybridized carbons (Fsp3) is 1.00. The van der Waals surface area contributed by atoms with Crippen LogP contribution in [0.15, 0.2) is 0 Å². The SMILES string of the molecule is NC12COC(OC1)OC2. The summed E-state index contributed by atoms with van der Waals surface area (Å²) in [7, 11) is 0. The second-order valence-corrected chi connectivity index (χ2v) is 2.58. The molecule has 0 unspecified atom stereocenters. The highest BCUT2D eigenvalue weighted by Crippen LogP contribution is 2.21. The van der Waals surface area contributed by atoms with Gasteiger partial charge in [0.2, 0.25) is 0 Å². The maximum atomic E-state index is 5.72. The summed E-state index contributed by atoms with van der Waals surface area (Å²) >= 11 is 0. The number of rotatable bonds is 0. The van der Waals surface area contributed by atoms with E-state index in [0.29, 0.717) is 19.8 Å². The van der Waals surface area contributed by atoms with Crippen molar-refractivity contribution in [2.45, 2.75) is 12.0 Å². The molecule has 0 radical (unpaired) electrons. The highest BCUT2D eigenvalue weighted by Gasteiger charge is 2.40. The van der Waals surface area contributed by atoms with Crippen LogP contribution in [0.5, 0.6) is 0 Å². The Kier molecular flexibility index (Phi) is 1.04. The van der Waals surface area contributed by atoms with Gasteiger partial charge in [-0.05, 0) is 0 Å². The van der Waals surface area contributed by atoms with Gasteiger partial charge in [0.15, 0.2) is 0 Å². The lowest BCUT2D eigenvalue weighted by atomic mass is 10.0. The normalized spacial score (nSPS) is 49.7. The van der Waals surface area contributed by atoms with E-state index in [4.69, 9.17) is 19.9 Å². The summed E-state index contributed by atoms with van der Waals surface area (Å²) in [6.45, 7) is 1.21. The van der Waals surface area contributed by atoms with Crippen molar-refractivity contribution in [3.8, 4) is 0 Å². The van der Waals surface area contributed by atoms with Crippen molar-refractivity contribution < 1.29 is 14.2 Å². The van der Waals surface area contributed by atoms with E-state index in [-0.39, 0.29) is 5.54 Å². The van der Waals surface area contributed by atoms with Gasteiger partial charge < -0.3 is 19.9 Å². The van der Waals surface area contributed by atoms with E-state index in [1.54, 1.807) is 0 Å². The lowest BCUT2D eigenvalue weighted by Crippen LogP contribution is -2.63. The van der Waals surface area contributed by atoms with E-state index < -0.39 is 6.48 Å². The van der Waals surface area contributed by atoms with Crippen LogP contribution in [0.3, 0.4) is 0 Å². The van der Waals surface area contributed by atoms with Crippen LogP contribution in [0.2, 0.25) is 0 Å². The van der Waals surface area contributed by atoms with E-state index in [1.807, 2.05) is 0 Å². The van der Waals surface area contributed by atoms with Gasteiger partial charge in [-0.25, -0.2) is 0 Å². The van der Waals surface area contributed by atoms with Crippen LogP contribution in [0.4, 0.5) is 0 Å². The molecular weight excluding hydrogens is 122 g/mol. The average Bonchev–Trinajstić information content (AvgIpc) is 1.90. The van der Waals surface area contributed by atoms with Gasteiger partial charge in [-0.2, -0.15) is 0 Å². The van der Waals surface area contributed by atoms with Gasteiger partial charge >= 0.3 is 0 Å². The largest absolute Gasteiger partial charge is 0.328 e. The third-order valence-electron chi connectivity index (χ3n) is 1.52. The Morgan fingerprint density at radius 3 is 1.78 bits per heavy atom. The summed E-state index contributed by atoms with van der Waals surface area (Å²) in [6, 6.07) is 0. The Morgan fingerprint density at radius 1 is 1.11 bits per heavy atom. The minimum absolute atomic E-state index is 0.380. The molecule has 52 valence electrons. The Hall–Kier alpha value is -0.160. The first-order valence-corrected chi connectivity index (χ1v) is 2.92. The Labute approximate surface area is 52.9 Å². The number of ether oxygens (including phenoxy) is 3. The van der Waals surface area contributed by atoms with Crippen LogP contribution < -0.4 is 5.73 Å². The molecule has 0 aromatic rings. The van der Waals surface area contributed by atoms with Crippen molar-refractivity contribution in [1.29, 1.82) is 0 Å². The molecular formula is C5H9NO3. The summed E-state index contributed by atoms with van der Waals surface area (Å²) < 4.78 is 15.0. The standard InChI is InChI=1S/C5H9NO3/c6-5-1-7-4(8-2-5)9-3-5/h4H,1-3,6H2. The first kappa shape index (κ1) is 5.61. The number of hydrogen-bond acceptors (Lipinski definition) is 4. The Balaban J connectivity index is 2.11. The molecule has 3 fully saturated rings. The molecule has 0 saturated carbocycles. The zero-order valence-corrected chi connectivity index (χ0v) is 5.00. The van der Waals surface area contributed by atoms with Crippen LogP contribution >= 0.6 is 0 Å². The zero-order valence-electron chi connectivity index (χ0n) is 5.00. The smallest absolute Gasteiger partial charge is 0.271 e.